The number of benzene rings is 1. The van der Waals surface area contributed by atoms with Crippen LogP contribution in [0.25, 0.3) is 10.9 Å². The van der Waals surface area contributed by atoms with Gasteiger partial charge in [0.25, 0.3) is 0 Å². The first-order chi connectivity index (χ1) is 10.0. The van der Waals surface area contributed by atoms with Crippen molar-refractivity contribution in [3.05, 3.63) is 46.2 Å². The van der Waals surface area contributed by atoms with Gasteiger partial charge in [0.15, 0.2) is 5.43 Å². The SMILES string of the molecule is CCc1cc(=O)c2ccccc2n1C[C@@H](O)COC(C)C. The van der Waals surface area contributed by atoms with Crippen LogP contribution in [-0.4, -0.2) is 28.5 Å². The number of nitrogens with zero attached hydrogens (tertiary/aromatic N) is 1. The van der Waals surface area contributed by atoms with Gasteiger partial charge in [0, 0.05) is 17.1 Å². The molecule has 2 aromatic rings. The van der Waals surface area contributed by atoms with E-state index in [1.54, 1.807) is 6.07 Å². The van der Waals surface area contributed by atoms with Crippen LogP contribution in [0.15, 0.2) is 35.1 Å². The van der Waals surface area contributed by atoms with Crippen molar-refractivity contribution >= 4 is 10.9 Å². The predicted molar refractivity (Wildman–Crippen MR) is 84.7 cm³/mol. The fourth-order valence-corrected chi connectivity index (χ4v) is 2.45. The zero-order valence-electron chi connectivity index (χ0n) is 12.9. The molecule has 0 radical (unpaired) electrons. The summed E-state index contributed by atoms with van der Waals surface area (Å²) in [6.07, 6.45) is 0.248. The molecule has 0 bridgehead atoms. The molecule has 0 amide bonds. The van der Waals surface area contributed by atoms with Crippen LogP contribution in [0.3, 0.4) is 0 Å². The fourth-order valence-electron chi connectivity index (χ4n) is 2.45. The molecule has 1 aromatic carbocycles. The molecule has 21 heavy (non-hydrogen) atoms. The third kappa shape index (κ3) is 3.71. The Kier molecular flexibility index (Phi) is 5.15. The van der Waals surface area contributed by atoms with Crippen LogP contribution in [0.5, 0.6) is 0 Å². The quantitative estimate of drug-likeness (QED) is 0.888. The second kappa shape index (κ2) is 6.87. The highest BCUT2D eigenvalue weighted by atomic mass is 16.5. The van der Waals surface area contributed by atoms with E-state index in [4.69, 9.17) is 4.74 Å². The molecule has 2 rings (SSSR count). The minimum atomic E-state index is -0.594. The molecule has 0 fully saturated rings. The first-order valence-electron chi connectivity index (χ1n) is 7.44. The lowest BCUT2D eigenvalue weighted by Gasteiger charge is -2.20. The first-order valence-corrected chi connectivity index (χ1v) is 7.44. The van der Waals surface area contributed by atoms with Gasteiger partial charge >= 0.3 is 0 Å². The Morgan fingerprint density at radius 2 is 2.00 bits per heavy atom. The van der Waals surface area contributed by atoms with E-state index in [-0.39, 0.29) is 11.5 Å². The number of fused-ring (bicyclic) bond motifs is 1. The molecule has 0 unspecified atom stereocenters. The summed E-state index contributed by atoms with van der Waals surface area (Å²) in [6, 6.07) is 9.18. The summed E-state index contributed by atoms with van der Waals surface area (Å²) < 4.78 is 7.48. The lowest BCUT2D eigenvalue weighted by molar-refractivity contribution is -0.000538. The fraction of sp³-hybridized carbons (Fsp3) is 0.471. The summed E-state index contributed by atoms with van der Waals surface area (Å²) in [4.78, 5) is 12.1. The van der Waals surface area contributed by atoms with E-state index in [1.165, 1.54) is 0 Å². The second-order valence-corrected chi connectivity index (χ2v) is 5.52. The normalized spacial score (nSPS) is 13.0. The molecule has 1 atom stereocenters. The molecule has 1 aromatic heterocycles. The largest absolute Gasteiger partial charge is 0.389 e. The Morgan fingerprint density at radius 1 is 1.29 bits per heavy atom. The maximum Gasteiger partial charge on any atom is 0.189 e. The van der Waals surface area contributed by atoms with Gasteiger partial charge in [-0.05, 0) is 32.4 Å². The number of aliphatic hydroxyl groups excluding tert-OH is 1. The van der Waals surface area contributed by atoms with Crippen LogP contribution in [-0.2, 0) is 17.7 Å². The summed E-state index contributed by atoms with van der Waals surface area (Å²) in [7, 11) is 0. The topological polar surface area (TPSA) is 51.5 Å². The summed E-state index contributed by atoms with van der Waals surface area (Å²) in [6.45, 7) is 6.62. The van der Waals surface area contributed by atoms with Crippen molar-refractivity contribution < 1.29 is 9.84 Å². The third-order valence-electron chi connectivity index (χ3n) is 3.48. The van der Waals surface area contributed by atoms with E-state index in [0.717, 1.165) is 17.6 Å². The molecule has 0 aliphatic rings. The number of rotatable bonds is 6. The Balaban J connectivity index is 2.37. The molecular formula is C17H23NO3. The van der Waals surface area contributed by atoms with Gasteiger partial charge < -0.3 is 14.4 Å². The summed E-state index contributed by atoms with van der Waals surface area (Å²) >= 11 is 0. The highest BCUT2D eigenvalue weighted by Crippen LogP contribution is 2.14. The van der Waals surface area contributed by atoms with Gasteiger partial charge in [0.1, 0.15) is 0 Å². The average Bonchev–Trinajstić information content (AvgIpc) is 2.48. The van der Waals surface area contributed by atoms with E-state index in [9.17, 15) is 9.90 Å². The number of aryl methyl sites for hydroxylation is 1. The highest BCUT2D eigenvalue weighted by molar-refractivity contribution is 5.79. The van der Waals surface area contributed by atoms with Crippen LogP contribution in [0, 0.1) is 0 Å². The van der Waals surface area contributed by atoms with Gasteiger partial charge in [-0.2, -0.15) is 0 Å². The number of aromatic nitrogens is 1. The highest BCUT2D eigenvalue weighted by Gasteiger charge is 2.12. The van der Waals surface area contributed by atoms with Crippen LogP contribution in [0.2, 0.25) is 0 Å². The Hall–Kier alpha value is -1.65. The number of ether oxygens (including phenoxy) is 1. The molecule has 4 nitrogen and oxygen atoms in total. The molecule has 1 N–H and O–H groups in total. The predicted octanol–water partition coefficient (Wildman–Crippen LogP) is 2.35. The molecular weight excluding hydrogens is 266 g/mol. The lowest BCUT2D eigenvalue weighted by atomic mass is 10.1. The molecule has 4 heteroatoms. The van der Waals surface area contributed by atoms with E-state index >= 15 is 0 Å². The van der Waals surface area contributed by atoms with Gasteiger partial charge in [-0.15, -0.1) is 0 Å². The Bertz CT molecular complexity index is 661. The van der Waals surface area contributed by atoms with Gasteiger partial charge in [0.2, 0.25) is 0 Å². The molecule has 0 saturated heterocycles. The number of aliphatic hydroxyl groups is 1. The molecule has 114 valence electrons. The van der Waals surface area contributed by atoms with Crippen molar-refractivity contribution in [1.29, 1.82) is 0 Å². The molecule has 0 aliphatic heterocycles. The van der Waals surface area contributed by atoms with Gasteiger partial charge in [-0.25, -0.2) is 0 Å². The van der Waals surface area contributed by atoms with Crippen molar-refractivity contribution in [3.63, 3.8) is 0 Å². The van der Waals surface area contributed by atoms with Crippen molar-refractivity contribution in [2.75, 3.05) is 6.61 Å². The average molecular weight is 289 g/mol. The Labute approximate surface area is 125 Å². The van der Waals surface area contributed by atoms with Crippen molar-refractivity contribution in [1.82, 2.24) is 4.57 Å². The lowest BCUT2D eigenvalue weighted by Crippen LogP contribution is -2.26. The van der Waals surface area contributed by atoms with Crippen LogP contribution < -0.4 is 5.43 Å². The third-order valence-corrected chi connectivity index (χ3v) is 3.48. The van der Waals surface area contributed by atoms with Crippen molar-refractivity contribution in [2.45, 2.75) is 45.9 Å². The monoisotopic (exact) mass is 289 g/mol. The van der Waals surface area contributed by atoms with Gasteiger partial charge in [-0.3, -0.25) is 4.79 Å². The number of pyridine rings is 1. The molecule has 0 aliphatic carbocycles. The number of para-hydroxylation sites is 1. The first kappa shape index (κ1) is 15.7. The smallest absolute Gasteiger partial charge is 0.189 e. The zero-order valence-corrected chi connectivity index (χ0v) is 12.9. The van der Waals surface area contributed by atoms with E-state index in [0.29, 0.717) is 18.5 Å². The van der Waals surface area contributed by atoms with Gasteiger partial charge in [0.05, 0.1) is 30.9 Å². The second-order valence-electron chi connectivity index (χ2n) is 5.52. The van der Waals surface area contributed by atoms with Crippen LogP contribution >= 0.6 is 0 Å². The molecule has 0 saturated carbocycles. The number of hydrogen-bond donors (Lipinski definition) is 1. The summed E-state index contributed by atoms with van der Waals surface area (Å²) in [5, 5.41) is 10.9. The van der Waals surface area contributed by atoms with Crippen LogP contribution in [0.4, 0.5) is 0 Å². The molecule has 1 heterocycles. The maximum absolute atomic E-state index is 12.1. The zero-order chi connectivity index (χ0) is 15.4. The standard InChI is InChI=1S/C17H23NO3/c1-4-13-9-17(20)15-7-5-6-8-16(15)18(13)10-14(19)11-21-12(2)3/h5-9,12,14,19H,4,10-11H2,1-3H3/t14-/m1/s1. The minimum Gasteiger partial charge on any atom is -0.389 e. The van der Waals surface area contributed by atoms with E-state index in [1.807, 2.05) is 49.6 Å². The van der Waals surface area contributed by atoms with Crippen molar-refractivity contribution in [2.24, 2.45) is 0 Å². The van der Waals surface area contributed by atoms with Gasteiger partial charge in [-0.1, -0.05) is 19.1 Å². The van der Waals surface area contributed by atoms with Crippen molar-refractivity contribution in [3.8, 4) is 0 Å². The summed E-state index contributed by atoms with van der Waals surface area (Å²) in [5.41, 5.74) is 1.83. The van der Waals surface area contributed by atoms with E-state index in [2.05, 4.69) is 0 Å². The molecule has 0 spiro atoms. The Morgan fingerprint density at radius 3 is 2.67 bits per heavy atom. The number of hydrogen-bond acceptors (Lipinski definition) is 3. The maximum atomic E-state index is 12.1. The minimum absolute atomic E-state index is 0.0339. The summed E-state index contributed by atoms with van der Waals surface area (Å²) in [5.74, 6) is 0. The van der Waals surface area contributed by atoms with E-state index < -0.39 is 6.10 Å². The van der Waals surface area contributed by atoms with Crippen LogP contribution in [0.1, 0.15) is 26.5 Å².